The normalized spacial score (nSPS) is 10.5. The van der Waals surface area contributed by atoms with Gasteiger partial charge < -0.3 is 15.4 Å². The van der Waals surface area contributed by atoms with Crippen molar-refractivity contribution in [1.29, 1.82) is 0 Å². The minimum absolute atomic E-state index is 0.267. The van der Waals surface area contributed by atoms with Crippen molar-refractivity contribution < 1.29 is 13.9 Å². The van der Waals surface area contributed by atoms with Crippen molar-refractivity contribution in [3.8, 4) is 5.75 Å². The van der Waals surface area contributed by atoms with Crippen LogP contribution in [0.4, 0.5) is 10.1 Å². The lowest BCUT2D eigenvalue weighted by molar-refractivity contribution is 0.102. The van der Waals surface area contributed by atoms with E-state index in [2.05, 4.69) is 16.7 Å². The number of rotatable bonds is 7. The first-order chi connectivity index (χ1) is 13.5. The SMILES string of the molecule is COc1cc(CNCc2cccc(NC(=O)c3ccc(F)cc3)c2)ccc1C. The van der Waals surface area contributed by atoms with Crippen LogP contribution in [0.3, 0.4) is 0 Å². The molecule has 0 atom stereocenters. The van der Waals surface area contributed by atoms with E-state index in [9.17, 15) is 9.18 Å². The third kappa shape index (κ3) is 5.18. The van der Waals surface area contributed by atoms with Crippen molar-refractivity contribution in [1.82, 2.24) is 5.32 Å². The maximum Gasteiger partial charge on any atom is 0.255 e. The van der Waals surface area contributed by atoms with Crippen molar-refractivity contribution in [3.63, 3.8) is 0 Å². The van der Waals surface area contributed by atoms with Crippen LogP contribution in [-0.2, 0) is 13.1 Å². The van der Waals surface area contributed by atoms with Crippen LogP contribution in [-0.4, -0.2) is 13.0 Å². The van der Waals surface area contributed by atoms with Crippen molar-refractivity contribution in [2.45, 2.75) is 20.0 Å². The number of methoxy groups -OCH3 is 1. The molecule has 0 bridgehead atoms. The fraction of sp³-hybridized carbons (Fsp3) is 0.174. The summed E-state index contributed by atoms with van der Waals surface area (Å²) >= 11 is 0. The molecule has 28 heavy (non-hydrogen) atoms. The zero-order valence-corrected chi connectivity index (χ0v) is 16.0. The van der Waals surface area contributed by atoms with Crippen LogP contribution in [0.2, 0.25) is 0 Å². The summed E-state index contributed by atoms with van der Waals surface area (Å²) in [4.78, 5) is 12.3. The monoisotopic (exact) mass is 378 g/mol. The molecular weight excluding hydrogens is 355 g/mol. The van der Waals surface area contributed by atoms with Gasteiger partial charge in [0.25, 0.3) is 5.91 Å². The Morgan fingerprint density at radius 2 is 1.68 bits per heavy atom. The Hall–Kier alpha value is -3.18. The van der Waals surface area contributed by atoms with E-state index in [1.54, 1.807) is 7.11 Å². The molecule has 3 rings (SSSR count). The van der Waals surface area contributed by atoms with Crippen molar-refractivity contribution >= 4 is 11.6 Å². The Bertz CT molecular complexity index is 955. The zero-order chi connectivity index (χ0) is 19.9. The Morgan fingerprint density at radius 1 is 0.964 bits per heavy atom. The molecule has 0 heterocycles. The van der Waals surface area contributed by atoms with Gasteiger partial charge in [-0.1, -0.05) is 24.3 Å². The molecule has 3 aromatic carbocycles. The molecule has 5 heteroatoms. The van der Waals surface area contributed by atoms with E-state index in [4.69, 9.17) is 4.74 Å². The first-order valence-corrected chi connectivity index (χ1v) is 9.05. The Morgan fingerprint density at radius 3 is 2.39 bits per heavy atom. The number of aryl methyl sites for hydroxylation is 1. The topological polar surface area (TPSA) is 50.4 Å². The number of halogens is 1. The molecule has 0 aliphatic heterocycles. The summed E-state index contributed by atoms with van der Waals surface area (Å²) in [7, 11) is 1.67. The van der Waals surface area contributed by atoms with Gasteiger partial charge in [0.1, 0.15) is 11.6 Å². The number of carbonyl (C=O) groups is 1. The van der Waals surface area contributed by atoms with Gasteiger partial charge in [-0.2, -0.15) is 0 Å². The van der Waals surface area contributed by atoms with Crippen LogP contribution in [0.5, 0.6) is 5.75 Å². The lowest BCUT2D eigenvalue weighted by atomic mass is 10.1. The van der Waals surface area contributed by atoms with Gasteiger partial charge in [0.2, 0.25) is 0 Å². The van der Waals surface area contributed by atoms with Gasteiger partial charge in [0.05, 0.1) is 7.11 Å². The third-order valence-corrected chi connectivity index (χ3v) is 4.42. The molecule has 0 unspecified atom stereocenters. The maximum absolute atomic E-state index is 13.0. The van der Waals surface area contributed by atoms with Crippen LogP contribution in [0, 0.1) is 12.7 Å². The minimum atomic E-state index is -0.365. The fourth-order valence-electron chi connectivity index (χ4n) is 2.89. The van der Waals surface area contributed by atoms with E-state index in [1.807, 2.05) is 43.3 Å². The smallest absolute Gasteiger partial charge is 0.255 e. The quantitative estimate of drug-likeness (QED) is 0.627. The molecule has 0 fully saturated rings. The highest BCUT2D eigenvalue weighted by atomic mass is 19.1. The molecule has 3 aromatic rings. The summed E-state index contributed by atoms with van der Waals surface area (Å²) in [5.74, 6) is 0.248. The van der Waals surface area contributed by atoms with Crippen molar-refractivity contribution in [2.75, 3.05) is 12.4 Å². The van der Waals surface area contributed by atoms with Gasteiger partial charge in [-0.25, -0.2) is 4.39 Å². The molecule has 0 aliphatic rings. The Kier molecular flexibility index (Phi) is 6.40. The number of carbonyl (C=O) groups excluding carboxylic acids is 1. The number of amides is 1. The average Bonchev–Trinajstić information content (AvgIpc) is 2.70. The van der Waals surface area contributed by atoms with Crippen LogP contribution in [0.1, 0.15) is 27.0 Å². The predicted octanol–water partition coefficient (Wildman–Crippen LogP) is 4.68. The highest BCUT2D eigenvalue weighted by molar-refractivity contribution is 6.04. The van der Waals surface area contributed by atoms with Gasteiger partial charge in [-0.3, -0.25) is 4.79 Å². The molecule has 0 saturated carbocycles. The van der Waals surface area contributed by atoms with E-state index in [1.165, 1.54) is 24.3 Å². The van der Waals surface area contributed by atoms with E-state index in [-0.39, 0.29) is 11.7 Å². The third-order valence-electron chi connectivity index (χ3n) is 4.42. The van der Waals surface area contributed by atoms with Crippen LogP contribution in [0.25, 0.3) is 0 Å². The molecule has 4 nitrogen and oxygen atoms in total. The largest absolute Gasteiger partial charge is 0.496 e. The van der Waals surface area contributed by atoms with Crippen molar-refractivity contribution in [3.05, 3.63) is 94.8 Å². The number of hydrogen-bond donors (Lipinski definition) is 2. The molecule has 144 valence electrons. The zero-order valence-electron chi connectivity index (χ0n) is 16.0. The molecule has 2 N–H and O–H groups in total. The van der Waals surface area contributed by atoms with Gasteiger partial charge in [0, 0.05) is 24.3 Å². The number of benzene rings is 3. The van der Waals surface area contributed by atoms with Crippen LogP contribution in [0.15, 0.2) is 66.7 Å². The molecular formula is C23H23FN2O2. The summed E-state index contributed by atoms with van der Waals surface area (Å²) in [5.41, 5.74) is 4.42. The summed E-state index contributed by atoms with van der Waals surface area (Å²) in [6, 6.07) is 19.3. The van der Waals surface area contributed by atoms with Gasteiger partial charge in [0.15, 0.2) is 0 Å². The maximum atomic E-state index is 13.0. The minimum Gasteiger partial charge on any atom is -0.496 e. The summed E-state index contributed by atoms with van der Waals surface area (Å²) in [6.45, 7) is 3.39. The van der Waals surface area contributed by atoms with E-state index in [0.717, 1.165) is 22.4 Å². The standard InChI is InChI=1S/C23H23FN2O2/c1-16-6-7-18(13-22(16)28-2)15-25-14-17-4-3-5-21(12-17)26-23(27)19-8-10-20(24)11-9-19/h3-13,25H,14-15H2,1-2H3,(H,26,27). The number of ether oxygens (including phenoxy) is 1. The number of anilines is 1. The number of hydrogen-bond acceptors (Lipinski definition) is 3. The molecule has 0 aliphatic carbocycles. The lowest BCUT2D eigenvalue weighted by Gasteiger charge is -2.10. The van der Waals surface area contributed by atoms with Gasteiger partial charge >= 0.3 is 0 Å². The Balaban J connectivity index is 1.57. The molecule has 0 saturated heterocycles. The number of nitrogens with one attached hydrogen (secondary N) is 2. The van der Waals surface area contributed by atoms with Crippen LogP contribution >= 0.6 is 0 Å². The summed E-state index contributed by atoms with van der Waals surface area (Å²) in [6.07, 6.45) is 0. The highest BCUT2D eigenvalue weighted by Crippen LogP contribution is 2.19. The summed E-state index contributed by atoms with van der Waals surface area (Å²) < 4.78 is 18.3. The van der Waals surface area contributed by atoms with Gasteiger partial charge in [-0.15, -0.1) is 0 Å². The molecule has 0 radical (unpaired) electrons. The fourth-order valence-corrected chi connectivity index (χ4v) is 2.89. The highest BCUT2D eigenvalue weighted by Gasteiger charge is 2.07. The lowest BCUT2D eigenvalue weighted by Crippen LogP contribution is -2.14. The van der Waals surface area contributed by atoms with E-state index in [0.29, 0.717) is 24.3 Å². The average molecular weight is 378 g/mol. The second-order valence-corrected chi connectivity index (χ2v) is 6.57. The molecule has 1 amide bonds. The predicted molar refractivity (Wildman–Crippen MR) is 109 cm³/mol. The second-order valence-electron chi connectivity index (χ2n) is 6.57. The van der Waals surface area contributed by atoms with E-state index >= 15 is 0 Å². The first-order valence-electron chi connectivity index (χ1n) is 9.05. The molecule has 0 spiro atoms. The van der Waals surface area contributed by atoms with Gasteiger partial charge in [-0.05, 0) is 66.1 Å². The molecule has 0 aromatic heterocycles. The second kappa shape index (κ2) is 9.15. The first kappa shape index (κ1) is 19.6. The van der Waals surface area contributed by atoms with Crippen LogP contribution < -0.4 is 15.4 Å². The van der Waals surface area contributed by atoms with E-state index < -0.39 is 0 Å². The Labute approximate surface area is 164 Å². The van der Waals surface area contributed by atoms with Crippen molar-refractivity contribution in [2.24, 2.45) is 0 Å². The summed E-state index contributed by atoms with van der Waals surface area (Å²) in [5, 5.41) is 6.24.